The van der Waals surface area contributed by atoms with Crippen molar-refractivity contribution in [3.63, 3.8) is 0 Å². The van der Waals surface area contributed by atoms with E-state index in [0.717, 1.165) is 5.56 Å². The number of hydrogen-bond acceptors (Lipinski definition) is 8. The number of carbonyl (C=O) groups excluding carboxylic acids is 1. The molecule has 0 fully saturated rings. The molecule has 0 radical (unpaired) electrons. The molecule has 0 aliphatic carbocycles. The third-order valence-electron chi connectivity index (χ3n) is 4.18. The van der Waals surface area contributed by atoms with Crippen LogP contribution in [0.4, 0.5) is 5.95 Å². The van der Waals surface area contributed by atoms with Crippen molar-refractivity contribution < 1.29 is 19.4 Å². The van der Waals surface area contributed by atoms with Crippen molar-refractivity contribution in [3.8, 4) is 17.1 Å². The van der Waals surface area contributed by atoms with Crippen LogP contribution in [-0.2, 0) is 16.1 Å². The Kier molecular flexibility index (Phi) is 13.5. The number of aliphatic hydroxyl groups is 1. The second-order valence-electron chi connectivity index (χ2n) is 7.10. The van der Waals surface area contributed by atoms with Crippen LogP contribution in [0.25, 0.3) is 11.1 Å². The van der Waals surface area contributed by atoms with Crippen molar-refractivity contribution in [1.82, 2.24) is 15.0 Å². The molecule has 1 unspecified atom stereocenters. The van der Waals surface area contributed by atoms with E-state index >= 15 is 0 Å². The van der Waals surface area contributed by atoms with Gasteiger partial charge in [0, 0.05) is 6.04 Å². The molecule has 0 spiro atoms. The average molecular weight is 455 g/mol. The fourth-order valence-electron chi connectivity index (χ4n) is 2.60. The Labute approximate surface area is 196 Å². The highest BCUT2D eigenvalue weighted by Crippen LogP contribution is 2.26. The van der Waals surface area contributed by atoms with Crippen LogP contribution in [0, 0.1) is 6.92 Å². The van der Waals surface area contributed by atoms with E-state index in [2.05, 4.69) is 64.0 Å². The quantitative estimate of drug-likeness (QED) is 0.482. The summed E-state index contributed by atoms with van der Waals surface area (Å²) in [5.74, 6) is 0.381. The lowest BCUT2D eigenvalue weighted by Crippen LogP contribution is -2.21. The van der Waals surface area contributed by atoms with E-state index in [9.17, 15) is 0 Å². The number of ether oxygens (including phenoxy) is 2. The lowest BCUT2D eigenvalue weighted by molar-refractivity contribution is -0.126. The Bertz CT molecular complexity index is 939. The second-order valence-corrected chi connectivity index (χ2v) is 7.10. The summed E-state index contributed by atoms with van der Waals surface area (Å²) in [7, 11) is 1.31. The average Bonchev–Trinajstić information content (AvgIpc) is 2.85. The van der Waals surface area contributed by atoms with Gasteiger partial charge in [0.25, 0.3) is 6.47 Å². The monoisotopic (exact) mass is 454 g/mol. The van der Waals surface area contributed by atoms with Gasteiger partial charge in [0.2, 0.25) is 5.95 Å². The van der Waals surface area contributed by atoms with Gasteiger partial charge in [-0.25, -0.2) is 4.98 Å². The SMILES string of the molecule is CCC.COC=O.Cc1c(COc2ncnc(NC(C)CO)n2)cccc1-c1ccccc1. The largest absolute Gasteiger partial charge is 0.471 e. The summed E-state index contributed by atoms with van der Waals surface area (Å²) >= 11 is 0. The molecule has 0 bridgehead atoms. The Morgan fingerprint density at radius 1 is 1.09 bits per heavy atom. The third kappa shape index (κ3) is 10.1. The van der Waals surface area contributed by atoms with Crippen molar-refractivity contribution in [3.05, 3.63) is 66.0 Å². The normalized spacial score (nSPS) is 10.5. The standard InChI is InChI=1S/C20H22N4O2.C3H8.C2H4O2/c1-14(11-25)23-19-21-13-22-20(24-19)26-12-17-9-6-10-18(15(17)2)16-7-4-3-5-8-16;1-3-2;1-4-2-3/h3-10,13-14,25H,11-12H2,1-2H3,(H,21,22,23,24);3H2,1-2H3;2H,1H3. The van der Waals surface area contributed by atoms with Crippen LogP contribution in [0.1, 0.15) is 38.3 Å². The van der Waals surface area contributed by atoms with Crippen molar-refractivity contribution in [2.45, 2.75) is 46.8 Å². The number of methoxy groups -OCH3 is 1. The molecular weight excluding hydrogens is 420 g/mol. The minimum Gasteiger partial charge on any atom is -0.471 e. The van der Waals surface area contributed by atoms with E-state index in [0.29, 0.717) is 19.0 Å². The van der Waals surface area contributed by atoms with Crippen LogP contribution in [0.5, 0.6) is 6.01 Å². The topological polar surface area (TPSA) is 106 Å². The maximum atomic E-state index is 9.10. The molecule has 8 heteroatoms. The Hall–Kier alpha value is -3.52. The molecule has 3 rings (SSSR count). The number of nitrogens with zero attached hydrogens (tertiary/aromatic N) is 3. The van der Waals surface area contributed by atoms with Gasteiger partial charge in [-0.1, -0.05) is 68.8 Å². The van der Waals surface area contributed by atoms with Gasteiger partial charge >= 0.3 is 6.01 Å². The molecule has 0 saturated carbocycles. The minimum absolute atomic E-state index is 0.00660. The number of aliphatic hydroxyl groups excluding tert-OH is 1. The first kappa shape index (κ1) is 27.5. The third-order valence-corrected chi connectivity index (χ3v) is 4.18. The van der Waals surface area contributed by atoms with Gasteiger partial charge in [-0.05, 0) is 36.1 Å². The fourth-order valence-corrected chi connectivity index (χ4v) is 2.60. The number of benzene rings is 2. The maximum Gasteiger partial charge on any atom is 0.321 e. The van der Waals surface area contributed by atoms with Crippen molar-refractivity contribution >= 4 is 12.4 Å². The summed E-state index contributed by atoms with van der Waals surface area (Å²) in [6.45, 7) is 8.91. The van der Waals surface area contributed by atoms with E-state index in [1.54, 1.807) is 0 Å². The summed E-state index contributed by atoms with van der Waals surface area (Å²) in [5.41, 5.74) is 4.60. The lowest BCUT2D eigenvalue weighted by atomic mass is 9.97. The highest BCUT2D eigenvalue weighted by molar-refractivity contribution is 5.68. The van der Waals surface area contributed by atoms with Crippen LogP contribution in [0.15, 0.2) is 54.9 Å². The molecule has 0 aliphatic heterocycles. The molecule has 1 aromatic heterocycles. The zero-order chi connectivity index (χ0) is 24.5. The van der Waals surface area contributed by atoms with Gasteiger partial charge in [0.15, 0.2) is 0 Å². The highest BCUT2D eigenvalue weighted by Gasteiger charge is 2.09. The van der Waals surface area contributed by atoms with Gasteiger partial charge < -0.3 is 19.9 Å². The molecule has 8 nitrogen and oxygen atoms in total. The Balaban J connectivity index is 0.000000688. The van der Waals surface area contributed by atoms with Gasteiger partial charge in [-0.2, -0.15) is 9.97 Å². The maximum absolute atomic E-state index is 9.10. The van der Waals surface area contributed by atoms with Crippen LogP contribution >= 0.6 is 0 Å². The molecule has 0 aliphatic rings. The molecule has 2 N–H and O–H groups in total. The minimum atomic E-state index is -0.143. The second kappa shape index (κ2) is 16.2. The molecule has 2 aromatic carbocycles. The van der Waals surface area contributed by atoms with E-state index in [4.69, 9.17) is 14.6 Å². The van der Waals surface area contributed by atoms with E-state index in [1.807, 2.05) is 37.3 Å². The summed E-state index contributed by atoms with van der Waals surface area (Å²) in [6, 6.07) is 16.5. The van der Waals surface area contributed by atoms with Gasteiger partial charge in [-0.15, -0.1) is 0 Å². The zero-order valence-electron chi connectivity index (χ0n) is 20.0. The van der Waals surface area contributed by atoms with Crippen LogP contribution in [0.3, 0.4) is 0 Å². The summed E-state index contributed by atoms with van der Waals surface area (Å²) in [6.07, 6.45) is 2.64. The number of hydrogen-bond donors (Lipinski definition) is 2. The van der Waals surface area contributed by atoms with Crippen molar-refractivity contribution in [2.24, 2.45) is 0 Å². The lowest BCUT2D eigenvalue weighted by Gasteiger charge is -2.13. The number of nitrogens with one attached hydrogen (secondary N) is 1. The summed E-state index contributed by atoms with van der Waals surface area (Å²) < 4.78 is 9.62. The predicted octanol–water partition coefficient (Wildman–Crippen LogP) is 4.42. The zero-order valence-corrected chi connectivity index (χ0v) is 20.0. The molecule has 33 heavy (non-hydrogen) atoms. The van der Waals surface area contributed by atoms with E-state index < -0.39 is 0 Å². The van der Waals surface area contributed by atoms with Gasteiger partial charge in [0.05, 0.1) is 13.7 Å². The smallest absolute Gasteiger partial charge is 0.321 e. The van der Waals surface area contributed by atoms with E-state index in [-0.39, 0.29) is 18.7 Å². The van der Waals surface area contributed by atoms with Crippen molar-refractivity contribution in [1.29, 1.82) is 0 Å². The van der Waals surface area contributed by atoms with Crippen LogP contribution in [0.2, 0.25) is 0 Å². The Morgan fingerprint density at radius 3 is 2.36 bits per heavy atom. The molecule has 3 aromatic rings. The molecule has 1 heterocycles. The van der Waals surface area contributed by atoms with Crippen molar-refractivity contribution in [2.75, 3.05) is 19.0 Å². The number of aromatic nitrogens is 3. The molecule has 178 valence electrons. The highest BCUT2D eigenvalue weighted by atomic mass is 16.5. The predicted molar refractivity (Wildman–Crippen MR) is 130 cm³/mol. The molecule has 0 saturated heterocycles. The molecule has 0 amide bonds. The summed E-state index contributed by atoms with van der Waals surface area (Å²) in [4.78, 5) is 21.3. The first-order valence-electron chi connectivity index (χ1n) is 10.8. The van der Waals surface area contributed by atoms with Gasteiger partial charge in [0.1, 0.15) is 12.9 Å². The number of carbonyl (C=O) groups is 1. The fraction of sp³-hybridized carbons (Fsp3) is 0.360. The summed E-state index contributed by atoms with van der Waals surface area (Å²) in [5, 5.41) is 12.1. The van der Waals surface area contributed by atoms with Gasteiger partial charge in [-0.3, -0.25) is 4.79 Å². The Morgan fingerprint density at radius 2 is 1.76 bits per heavy atom. The number of anilines is 1. The first-order chi connectivity index (χ1) is 16.0. The number of rotatable bonds is 8. The molecular formula is C25H34N4O4. The van der Waals surface area contributed by atoms with Crippen LogP contribution in [-0.4, -0.2) is 46.3 Å². The molecule has 1 atom stereocenters. The van der Waals surface area contributed by atoms with E-state index in [1.165, 1.54) is 36.5 Å². The van der Waals surface area contributed by atoms with Crippen LogP contribution < -0.4 is 10.1 Å². The first-order valence-corrected chi connectivity index (χ1v) is 10.8.